The molecule has 0 fully saturated rings. The van der Waals surface area contributed by atoms with Crippen molar-refractivity contribution in [3.8, 4) is 0 Å². The summed E-state index contributed by atoms with van der Waals surface area (Å²) in [6.07, 6.45) is 1.13. The zero-order valence-corrected chi connectivity index (χ0v) is 12.0. The molecular formula is C15H24N2O. The second-order valence-electron chi connectivity index (χ2n) is 5.10. The Morgan fingerprint density at radius 1 is 1.39 bits per heavy atom. The average molecular weight is 248 g/mol. The fourth-order valence-corrected chi connectivity index (χ4v) is 2.36. The van der Waals surface area contributed by atoms with Crippen molar-refractivity contribution >= 4 is 11.6 Å². The van der Waals surface area contributed by atoms with Crippen molar-refractivity contribution in [1.29, 1.82) is 0 Å². The lowest BCUT2D eigenvalue weighted by molar-refractivity contribution is -0.114. The van der Waals surface area contributed by atoms with Gasteiger partial charge < -0.3 is 10.2 Å². The maximum atomic E-state index is 11.1. The molecule has 1 aromatic carbocycles. The van der Waals surface area contributed by atoms with Crippen LogP contribution >= 0.6 is 0 Å². The van der Waals surface area contributed by atoms with Crippen LogP contribution < -0.4 is 5.32 Å². The molecule has 0 saturated heterocycles. The topological polar surface area (TPSA) is 32.3 Å². The first-order valence-electron chi connectivity index (χ1n) is 6.49. The Bertz CT molecular complexity index is 401. The van der Waals surface area contributed by atoms with Crippen LogP contribution in [0.5, 0.6) is 0 Å². The third-order valence-electron chi connectivity index (χ3n) is 3.29. The minimum atomic E-state index is -0.0305. The molecule has 1 N–H and O–H groups in total. The standard InChI is InChI=1S/C15H24N2O/c1-6-11(2)15(17(4)5)13-8-7-9-14(10-13)16-12(3)18/h7-11,15H,6H2,1-5H3,(H,16,18)/t11-,15-/m1/s1. The quantitative estimate of drug-likeness (QED) is 0.867. The number of hydrogen-bond acceptors (Lipinski definition) is 2. The molecule has 3 nitrogen and oxygen atoms in total. The molecule has 0 aliphatic carbocycles. The van der Waals surface area contributed by atoms with Gasteiger partial charge in [-0.25, -0.2) is 0 Å². The highest BCUT2D eigenvalue weighted by Gasteiger charge is 2.20. The highest BCUT2D eigenvalue weighted by atomic mass is 16.1. The van der Waals surface area contributed by atoms with Gasteiger partial charge in [0, 0.05) is 18.7 Å². The number of nitrogens with zero attached hydrogens (tertiary/aromatic N) is 1. The molecule has 0 spiro atoms. The molecular weight excluding hydrogens is 224 g/mol. The fraction of sp³-hybridized carbons (Fsp3) is 0.533. The van der Waals surface area contributed by atoms with Crippen molar-refractivity contribution in [2.45, 2.75) is 33.2 Å². The van der Waals surface area contributed by atoms with Crippen molar-refractivity contribution in [1.82, 2.24) is 4.90 Å². The molecule has 0 unspecified atom stereocenters. The Hall–Kier alpha value is -1.35. The zero-order chi connectivity index (χ0) is 13.7. The van der Waals surface area contributed by atoms with Gasteiger partial charge in [0.25, 0.3) is 0 Å². The van der Waals surface area contributed by atoms with E-state index in [-0.39, 0.29) is 5.91 Å². The highest BCUT2D eigenvalue weighted by molar-refractivity contribution is 5.88. The lowest BCUT2D eigenvalue weighted by atomic mass is 9.91. The molecule has 100 valence electrons. The number of carbonyl (C=O) groups excluding carboxylic acids is 1. The van der Waals surface area contributed by atoms with E-state index < -0.39 is 0 Å². The molecule has 1 aromatic rings. The SMILES string of the molecule is CC[C@@H](C)[C@H](c1cccc(NC(C)=O)c1)N(C)C. The van der Waals surface area contributed by atoms with Gasteiger partial charge in [0.2, 0.25) is 5.91 Å². The largest absolute Gasteiger partial charge is 0.326 e. The Labute approximate surface area is 110 Å². The number of anilines is 1. The van der Waals surface area contributed by atoms with E-state index in [0.717, 1.165) is 12.1 Å². The summed E-state index contributed by atoms with van der Waals surface area (Å²) >= 11 is 0. The third-order valence-corrected chi connectivity index (χ3v) is 3.29. The second-order valence-corrected chi connectivity index (χ2v) is 5.10. The summed E-state index contributed by atoms with van der Waals surface area (Å²) in [5.41, 5.74) is 2.12. The summed E-state index contributed by atoms with van der Waals surface area (Å²) in [7, 11) is 4.20. The third kappa shape index (κ3) is 3.84. The summed E-state index contributed by atoms with van der Waals surface area (Å²) in [4.78, 5) is 13.3. The maximum Gasteiger partial charge on any atom is 0.221 e. The Morgan fingerprint density at radius 2 is 2.06 bits per heavy atom. The Kier molecular flexibility index (Phi) is 5.35. The number of carbonyl (C=O) groups is 1. The molecule has 0 saturated carbocycles. The average Bonchev–Trinajstić information content (AvgIpc) is 2.28. The molecule has 1 rings (SSSR count). The predicted molar refractivity (Wildman–Crippen MR) is 76.6 cm³/mol. The first-order chi connectivity index (χ1) is 8.45. The zero-order valence-electron chi connectivity index (χ0n) is 12.0. The number of nitrogens with one attached hydrogen (secondary N) is 1. The van der Waals surface area contributed by atoms with Crippen molar-refractivity contribution < 1.29 is 4.79 Å². The molecule has 0 aliphatic rings. The van der Waals surface area contributed by atoms with E-state index in [2.05, 4.69) is 50.3 Å². The normalized spacial score (nSPS) is 14.3. The van der Waals surface area contributed by atoms with E-state index in [1.54, 1.807) is 0 Å². The summed E-state index contributed by atoms with van der Waals surface area (Å²) in [5.74, 6) is 0.546. The van der Waals surface area contributed by atoms with Crippen LogP contribution in [0.1, 0.15) is 38.8 Å². The minimum Gasteiger partial charge on any atom is -0.326 e. The number of rotatable bonds is 5. The van der Waals surface area contributed by atoms with Crippen molar-refractivity contribution in [2.24, 2.45) is 5.92 Å². The molecule has 0 heterocycles. The van der Waals surface area contributed by atoms with Crippen LogP contribution in [0.2, 0.25) is 0 Å². The van der Waals surface area contributed by atoms with Gasteiger partial charge in [-0.3, -0.25) is 4.79 Å². The highest BCUT2D eigenvalue weighted by Crippen LogP contribution is 2.30. The van der Waals surface area contributed by atoms with E-state index in [1.807, 2.05) is 12.1 Å². The number of benzene rings is 1. The molecule has 0 aromatic heterocycles. The molecule has 1 amide bonds. The lowest BCUT2D eigenvalue weighted by Crippen LogP contribution is -2.25. The number of hydrogen-bond donors (Lipinski definition) is 1. The van der Waals surface area contributed by atoms with Gasteiger partial charge >= 0.3 is 0 Å². The Morgan fingerprint density at radius 3 is 2.56 bits per heavy atom. The van der Waals surface area contributed by atoms with Gasteiger partial charge in [0.05, 0.1) is 0 Å². The van der Waals surface area contributed by atoms with Gasteiger partial charge in [0.15, 0.2) is 0 Å². The monoisotopic (exact) mass is 248 g/mol. The van der Waals surface area contributed by atoms with E-state index in [1.165, 1.54) is 12.5 Å². The van der Waals surface area contributed by atoms with Crippen LogP contribution in [0.15, 0.2) is 24.3 Å². The summed E-state index contributed by atoms with van der Waals surface area (Å²) < 4.78 is 0. The fourth-order valence-electron chi connectivity index (χ4n) is 2.36. The minimum absolute atomic E-state index is 0.0305. The van der Waals surface area contributed by atoms with E-state index in [4.69, 9.17) is 0 Å². The molecule has 2 atom stereocenters. The van der Waals surface area contributed by atoms with Crippen molar-refractivity contribution in [3.63, 3.8) is 0 Å². The molecule has 3 heteroatoms. The van der Waals surface area contributed by atoms with Crippen LogP contribution in [0.3, 0.4) is 0 Å². The first kappa shape index (κ1) is 14.7. The molecule has 0 aliphatic heterocycles. The second kappa shape index (κ2) is 6.55. The summed E-state index contributed by atoms with van der Waals surface area (Å²) in [5, 5.41) is 2.84. The van der Waals surface area contributed by atoms with Gasteiger partial charge in [0.1, 0.15) is 0 Å². The van der Waals surface area contributed by atoms with Crippen LogP contribution in [-0.2, 0) is 4.79 Å². The molecule has 18 heavy (non-hydrogen) atoms. The predicted octanol–water partition coefficient (Wildman–Crippen LogP) is 3.29. The van der Waals surface area contributed by atoms with Crippen LogP contribution in [0.25, 0.3) is 0 Å². The Balaban J connectivity index is 3.01. The summed E-state index contributed by atoms with van der Waals surface area (Å²) in [6.45, 7) is 6.00. The first-order valence-corrected chi connectivity index (χ1v) is 6.49. The van der Waals surface area contributed by atoms with Gasteiger partial charge in [-0.1, -0.05) is 32.4 Å². The van der Waals surface area contributed by atoms with Gasteiger partial charge in [-0.15, -0.1) is 0 Å². The van der Waals surface area contributed by atoms with E-state index in [9.17, 15) is 4.79 Å². The number of amides is 1. The summed E-state index contributed by atoms with van der Waals surface area (Å²) in [6, 6.07) is 8.50. The van der Waals surface area contributed by atoms with E-state index in [0.29, 0.717) is 12.0 Å². The van der Waals surface area contributed by atoms with Crippen molar-refractivity contribution in [3.05, 3.63) is 29.8 Å². The van der Waals surface area contributed by atoms with Crippen LogP contribution in [0, 0.1) is 5.92 Å². The smallest absolute Gasteiger partial charge is 0.221 e. The van der Waals surface area contributed by atoms with Crippen LogP contribution in [0.4, 0.5) is 5.69 Å². The van der Waals surface area contributed by atoms with Gasteiger partial charge in [-0.2, -0.15) is 0 Å². The van der Waals surface area contributed by atoms with E-state index >= 15 is 0 Å². The molecule has 0 radical (unpaired) electrons. The lowest BCUT2D eigenvalue weighted by Gasteiger charge is -2.30. The van der Waals surface area contributed by atoms with Gasteiger partial charge in [-0.05, 0) is 37.7 Å². The van der Waals surface area contributed by atoms with Crippen LogP contribution in [-0.4, -0.2) is 24.9 Å². The maximum absolute atomic E-state index is 11.1. The van der Waals surface area contributed by atoms with Crippen molar-refractivity contribution in [2.75, 3.05) is 19.4 Å². The molecule has 0 bridgehead atoms.